The van der Waals surface area contributed by atoms with Crippen LogP contribution in [0.15, 0.2) is 23.3 Å². The molecule has 0 amide bonds. The van der Waals surface area contributed by atoms with E-state index in [0.717, 1.165) is 19.4 Å². The van der Waals surface area contributed by atoms with E-state index in [1.54, 1.807) is 6.07 Å². The average molecular weight is 286 g/mol. The first kappa shape index (κ1) is 12.3. The van der Waals surface area contributed by atoms with Crippen molar-refractivity contribution in [2.24, 2.45) is 5.92 Å². The van der Waals surface area contributed by atoms with Crippen LogP contribution in [0, 0.1) is 16.0 Å². The molecule has 7 nitrogen and oxygen atoms in total. The van der Waals surface area contributed by atoms with Gasteiger partial charge in [0.15, 0.2) is 0 Å². The number of nitrogens with zero attached hydrogens (tertiary/aromatic N) is 3. The highest BCUT2D eigenvalue weighted by Crippen LogP contribution is 2.43. The fourth-order valence-electron chi connectivity index (χ4n) is 3.69. The molecule has 1 aromatic carbocycles. The molecule has 7 heteroatoms. The predicted molar refractivity (Wildman–Crippen MR) is 77.5 cm³/mol. The van der Waals surface area contributed by atoms with Crippen molar-refractivity contribution in [1.82, 2.24) is 9.97 Å². The highest BCUT2D eigenvalue weighted by molar-refractivity contribution is 5.87. The molecule has 2 heterocycles. The molecule has 21 heavy (non-hydrogen) atoms. The Bertz CT molecular complexity index is 800. The highest BCUT2D eigenvalue weighted by atomic mass is 16.6. The number of nitro groups is 1. The van der Waals surface area contributed by atoms with E-state index in [2.05, 4.69) is 14.9 Å². The van der Waals surface area contributed by atoms with Gasteiger partial charge in [0.1, 0.15) is 5.69 Å². The molecule has 1 saturated carbocycles. The minimum atomic E-state index is -0.410. The summed E-state index contributed by atoms with van der Waals surface area (Å²) in [5.41, 5.74) is 0.742. The Morgan fingerprint density at radius 1 is 1.38 bits per heavy atom. The number of nitro benzene ring substituents is 1. The summed E-state index contributed by atoms with van der Waals surface area (Å²) in [6.45, 7) is 0.861. The molecule has 2 atom stereocenters. The van der Waals surface area contributed by atoms with Gasteiger partial charge < -0.3 is 9.88 Å². The molecule has 1 saturated heterocycles. The number of nitrogens with one attached hydrogen (secondary N) is 1. The molecular weight excluding hydrogens is 272 g/mol. The van der Waals surface area contributed by atoms with E-state index in [4.69, 9.17) is 0 Å². The van der Waals surface area contributed by atoms with Crippen LogP contribution >= 0.6 is 0 Å². The Hall–Kier alpha value is -2.44. The summed E-state index contributed by atoms with van der Waals surface area (Å²) in [6, 6.07) is 3.42. The number of aromatic amines is 1. The molecule has 4 rings (SSSR count). The zero-order valence-corrected chi connectivity index (χ0v) is 11.3. The number of rotatable bonds is 2. The molecule has 1 aromatic heterocycles. The highest BCUT2D eigenvalue weighted by Gasteiger charge is 2.40. The third-order valence-corrected chi connectivity index (χ3v) is 4.65. The Morgan fingerprint density at radius 3 is 2.90 bits per heavy atom. The Kier molecular flexibility index (Phi) is 2.51. The van der Waals surface area contributed by atoms with Crippen molar-refractivity contribution < 1.29 is 4.92 Å². The summed E-state index contributed by atoms with van der Waals surface area (Å²) in [6.07, 6.45) is 4.73. The molecule has 2 unspecified atom stereocenters. The largest absolute Gasteiger partial charge is 0.363 e. The molecule has 1 aliphatic heterocycles. The Labute approximate surface area is 119 Å². The van der Waals surface area contributed by atoms with Gasteiger partial charge in [-0.3, -0.25) is 14.9 Å². The molecule has 108 valence electrons. The van der Waals surface area contributed by atoms with E-state index in [0.29, 0.717) is 23.2 Å². The van der Waals surface area contributed by atoms with Crippen molar-refractivity contribution in [3.63, 3.8) is 0 Å². The summed E-state index contributed by atoms with van der Waals surface area (Å²) in [7, 11) is 0. The van der Waals surface area contributed by atoms with Crippen LogP contribution < -0.4 is 10.5 Å². The second-order valence-corrected chi connectivity index (χ2v) is 5.83. The lowest BCUT2D eigenvalue weighted by Crippen LogP contribution is -2.32. The van der Waals surface area contributed by atoms with Crippen molar-refractivity contribution >= 4 is 22.3 Å². The van der Waals surface area contributed by atoms with Crippen LogP contribution in [0.4, 0.5) is 11.4 Å². The molecule has 2 bridgehead atoms. The van der Waals surface area contributed by atoms with Gasteiger partial charge in [-0.05, 0) is 31.2 Å². The van der Waals surface area contributed by atoms with Gasteiger partial charge in [0.2, 0.25) is 0 Å². The van der Waals surface area contributed by atoms with Gasteiger partial charge in [-0.15, -0.1) is 0 Å². The Morgan fingerprint density at radius 2 is 2.24 bits per heavy atom. The van der Waals surface area contributed by atoms with E-state index < -0.39 is 4.92 Å². The van der Waals surface area contributed by atoms with Crippen LogP contribution in [0.2, 0.25) is 0 Å². The van der Waals surface area contributed by atoms with Gasteiger partial charge in [-0.2, -0.15) is 0 Å². The maximum Gasteiger partial charge on any atom is 0.293 e. The monoisotopic (exact) mass is 286 g/mol. The third-order valence-electron chi connectivity index (χ3n) is 4.65. The molecule has 2 fully saturated rings. The molecule has 2 aliphatic rings. The van der Waals surface area contributed by atoms with Crippen molar-refractivity contribution in [2.75, 3.05) is 11.4 Å². The van der Waals surface area contributed by atoms with Crippen LogP contribution in [-0.4, -0.2) is 27.5 Å². The summed E-state index contributed by atoms with van der Waals surface area (Å²) >= 11 is 0. The quantitative estimate of drug-likeness (QED) is 0.671. The second-order valence-electron chi connectivity index (χ2n) is 5.83. The SMILES string of the molecule is O=c1[nH]cnc2cc(N3CC4CCC3C4)c([N+](=O)[O-])cc12. The topological polar surface area (TPSA) is 92.1 Å². The van der Waals surface area contributed by atoms with Gasteiger partial charge in [0.05, 0.1) is 22.2 Å². The van der Waals surface area contributed by atoms with Crippen molar-refractivity contribution in [2.45, 2.75) is 25.3 Å². The number of piperidine rings is 1. The Balaban J connectivity index is 1.93. The predicted octanol–water partition coefficient (Wildman–Crippen LogP) is 1.82. The zero-order chi connectivity index (χ0) is 14.6. The lowest BCUT2D eigenvalue weighted by atomic mass is 10.1. The first-order chi connectivity index (χ1) is 10.1. The van der Waals surface area contributed by atoms with Gasteiger partial charge in [-0.1, -0.05) is 0 Å². The maximum atomic E-state index is 11.8. The van der Waals surface area contributed by atoms with Crippen LogP contribution in [0.3, 0.4) is 0 Å². The number of hydrogen-bond donors (Lipinski definition) is 1. The van der Waals surface area contributed by atoms with E-state index in [1.165, 1.54) is 18.8 Å². The third kappa shape index (κ3) is 1.80. The van der Waals surface area contributed by atoms with E-state index >= 15 is 0 Å². The second kappa shape index (κ2) is 4.28. The lowest BCUT2D eigenvalue weighted by Gasteiger charge is -2.28. The summed E-state index contributed by atoms with van der Waals surface area (Å²) < 4.78 is 0. The summed E-state index contributed by atoms with van der Waals surface area (Å²) in [4.78, 5) is 31.5. The minimum Gasteiger partial charge on any atom is -0.363 e. The van der Waals surface area contributed by atoms with Gasteiger partial charge in [-0.25, -0.2) is 4.98 Å². The molecular formula is C14H14N4O3. The standard InChI is InChI=1S/C14H14N4O3/c19-14-10-4-13(18(20)21)12(5-11(10)15-7-16-14)17-6-8-1-2-9(17)3-8/h4-5,7-9H,1-3,6H2,(H,15,16,19). The maximum absolute atomic E-state index is 11.8. The molecule has 0 radical (unpaired) electrons. The average Bonchev–Trinajstić information content (AvgIpc) is 3.09. The summed E-state index contributed by atoms with van der Waals surface area (Å²) in [5, 5.41) is 11.6. The summed E-state index contributed by atoms with van der Waals surface area (Å²) in [5.74, 6) is 0.637. The zero-order valence-electron chi connectivity index (χ0n) is 11.3. The van der Waals surface area contributed by atoms with Gasteiger partial charge in [0, 0.05) is 18.7 Å². The lowest BCUT2D eigenvalue weighted by molar-refractivity contribution is -0.384. The van der Waals surface area contributed by atoms with Crippen molar-refractivity contribution in [3.05, 3.63) is 38.9 Å². The minimum absolute atomic E-state index is 0.00597. The van der Waals surface area contributed by atoms with E-state index in [9.17, 15) is 14.9 Å². The number of anilines is 1. The van der Waals surface area contributed by atoms with Crippen LogP contribution in [0.25, 0.3) is 10.9 Å². The molecule has 1 N–H and O–H groups in total. The first-order valence-corrected chi connectivity index (χ1v) is 7.06. The van der Waals surface area contributed by atoms with Gasteiger partial charge in [0.25, 0.3) is 11.2 Å². The van der Waals surface area contributed by atoms with Crippen LogP contribution in [-0.2, 0) is 0 Å². The van der Waals surface area contributed by atoms with E-state index in [1.807, 2.05) is 0 Å². The fraction of sp³-hybridized carbons (Fsp3) is 0.429. The number of hydrogen-bond acceptors (Lipinski definition) is 5. The number of H-pyrrole nitrogens is 1. The van der Waals surface area contributed by atoms with E-state index in [-0.39, 0.29) is 16.6 Å². The number of fused-ring (bicyclic) bond motifs is 3. The van der Waals surface area contributed by atoms with Crippen LogP contribution in [0.5, 0.6) is 0 Å². The van der Waals surface area contributed by atoms with Gasteiger partial charge >= 0.3 is 0 Å². The number of aromatic nitrogens is 2. The first-order valence-electron chi connectivity index (χ1n) is 7.06. The smallest absolute Gasteiger partial charge is 0.293 e. The number of benzene rings is 1. The van der Waals surface area contributed by atoms with Crippen molar-refractivity contribution in [1.29, 1.82) is 0 Å². The fourth-order valence-corrected chi connectivity index (χ4v) is 3.69. The molecule has 0 spiro atoms. The molecule has 2 aromatic rings. The molecule has 1 aliphatic carbocycles. The van der Waals surface area contributed by atoms with Crippen LogP contribution in [0.1, 0.15) is 19.3 Å². The normalized spacial score (nSPS) is 23.9. The van der Waals surface area contributed by atoms with Crippen molar-refractivity contribution in [3.8, 4) is 0 Å².